The van der Waals surface area contributed by atoms with E-state index in [2.05, 4.69) is 36.7 Å². The first-order valence-corrected chi connectivity index (χ1v) is 8.27. The van der Waals surface area contributed by atoms with E-state index in [-0.39, 0.29) is 17.0 Å². The van der Waals surface area contributed by atoms with Crippen molar-refractivity contribution in [2.75, 3.05) is 0 Å². The van der Waals surface area contributed by atoms with Gasteiger partial charge in [0.05, 0.1) is 0 Å². The van der Waals surface area contributed by atoms with E-state index in [1.165, 1.54) is 24.6 Å². The molecule has 0 N–H and O–H groups in total. The molecule has 0 nitrogen and oxygen atoms in total. The van der Waals surface area contributed by atoms with Crippen molar-refractivity contribution in [2.24, 2.45) is 17.3 Å². The summed E-state index contributed by atoms with van der Waals surface area (Å²) in [5.74, 6) is 0.391. The van der Waals surface area contributed by atoms with E-state index >= 15 is 0 Å². The van der Waals surface area contributed by atoms with Crippen LogP contribution in [-0.2, 0) is 6.42 Å². The molecule has 3 atom stereocenters. The average molecular weight is 345 g/mol. The molecule has 2 rings (SSSR count). The summed E-state index contributed by atoms with van der Waals surface area (Å²) < 4.78 is 27.1. The summed E-state index contributed by atoms with van der Waals surface area (Å²) in [6.07, 6.45) is 4.02. The Balaban J connectivity index is 2.12. The standard InChI is InChI=1S/C17H23BrF2/c1-17(2,3)13-4-6-15(18)11(9-13)8-12-10-14(19)5-7-16(12)20/h5,7,10-11,13,15H,4,6,8-9H2,1-3H3. The third kappa shape index (κ3) is 3.81. The zero-order valence-electron chi connectivity index (χ0n) is 12.4. The van der Waals surface area contributed by atoms with Gasteiger partial charge in [-0.3, -0.25) is 0 Å². The van der Waals surface area contributed by atoms with Gasteiger partial charge in [0.2, 0.25) is 0 Å². The lowest BCUT2D eigenvalue weighted by Crippen LogP contribution is -2.33. The highest BCUT2D eigenvalue weighted by Crippen LogP contribution is 2.43. The molecule has 1 aromatic carbocycles. The molecule has 20 heavy (non-hydrogen) atoms. The summed E-state index contributed by atoms with van der Waals surface area (Å²) in [4.78, 5) is 0.406. The summed E-state index contributed by atoms with van der Waals surface area (Å²) in [6, 6.07) is 3.76. The summed E-state index contributed by atoms with van der Waals surface area (Å²) in [6.45, 7) is 6.81. The van der Waals surface area contributed by atoms with Crippen molar-refractivity contribution < 1.29 is 8.78 Å². The summed E-state index contributed by atoms with van der Waals surface area (Å²) in [5.41, 5.74) is 0.792. The fourth-order valence-electron chi connectivity index (χ4n) is 3.21. The molecular weight excluding hydrogens is 322 g/mol. The van der Waals surface area contributed by atoms with E-state index in [0.29, 0.717) is 28.6 Å². The van der Waals surface area contributed by atoms with Crippen molar-refractivity contribution in [3.8, 4) is 0 Å². The SMILES string of the molecule is CC(C)(C)C1CCC(Br)C(Cc2cc(F)ccc2F)C1. The Labute approximate surface area is 129 Å². The van der Waals surface area contributed by atoms with Gasteiger partial charge in [-0.2, -0.15) is 0 Å². The van der Waals surface area contributed by atoms with Crippen molar-refractivity contribution in [1.29, 1.82) is 0 Å². The Morgan fingerprint density at radius 1 is 1.20 bits per heavy atom. The predicted octanol–water partition coefficient (Wildman–Crippen LogP) is 5.73. The Bertz CT molecular complexity index is 465. The first-order chi connectivity index (χ1) is 9.27. The first kappa shape index (κ1) is 15.9. The zero-order chi connectivity index (χ0) is 14.9. The fraction of sp³-hybridized carbons (Fsp3) is 0.647. The highest BCUT2D eigenvalue weighted by molar-refractivity contribution is 9.09. The smallest absolute Gasteiger partial charge is 0.126 e. The van der Waals surface area contributed by atoms with Gasteiger partial charge in [-0.05, 0) is 66.7 Å². The highest BCUT2D eigenvalue weighted by atomic mass is 79.9. The van der Waals surface area contributed by atoms with Crippen molar-refractivity contribution in [1.82, 2.24) is 0 Å². The monoisotopic (exact) mass is 344 g/mol. The van der Waals surface area contributed by atoms with Gasteiger partial charge >= 0.3 is 0 Å². The molecule has 0 heterocycles. The number of benzene rings is 1. The van der Waals surface area contributed by atoms with Crippen LogP contribution in [-0.4, -0.2) is 4.83 Å². The van der Waals surface area contributed by atoms with Gasteiger partial charge in [-0.1, -0.05) is 36.7 Å². The van der Waals surface area contributed by atoms with Gasteiger partial charge in [0.25, 0.3) is 0 Å². The van der Waals surface area contributed by atoms with Crippen LogP contribution in [0.3, 0.4) is 0 Å². The van der Waals surface area contributed by atoms with Crippen molar-refractivity contribution in [3.05, 3.63) is 35.4 Å². The summed E-state index contributed by atoms with van der Waals surface area (Å²) in [5, 5.41) is 0. The molecule has 1 aliphatic rings. The van der Waals surface area contributed by atoms with Crippen molar-refractivity contribution in [2.45, 2.75) is 51.3 Å². The van der Waals surface area contributed by atoms with Gasteiger partial charge < -0.3 is 0 Å². The van der Waals surface area contributed by atoms with E-state index in [1.807, 2.05) is 0 Å². The molecule has 112 valence electrons. The van der Waals surface area contributed by atoms with Crippen LogP contribution in [0.1, 0.15) is 45.6 Å². The molecule has 0 bridgehead atoms. The van der Waals surface area contributed by atoms with Crippen LogP contribution >= 0.6 is 15.9 Å². The van der Waals surface area contributed by atoms with Gasteiger partial charge in [-0.25, -0.2) is 8.78 Å². The number of alkyl halides is 1. The van der Waals surface area contributed by atoms with Gasteiger partial charge in [0.15, 0.2) is 0 Å². The Kier molecular flexibility index (Phi) is 4.88. The summed E-state index contributed by atoms with van der Waals surface area (Å²) in [7, 11) is 0. The van der Waals surface area contributed by atoms with Gasteiger partial charge in [0, 0.05) is 4.83 Å². The molecule has 1 saturated carbocycles. The highest BCUT2D eigenvalue weighted by Gasteiger charge is 2.35. The maximum atomic E-state index is 13.8. The van der Waals surface area contributed by atoms with E-state index < -0.39 is 0 Å². The Hall–Kier alpha value is -0.440. The molecule has 3 heteroatoms. The molecule has 0 aromatic heterocycles. The lowest BCUT2D eigenvalue weighted by molar-refractivity contribution is 0.146. The minimum atomic E-state index is -0.351. The van der Waals surface area contributed by atoms with E-state index in [4.69, 9.17) is 0 Å². The van der Waals surface area contributed by atoms with Crippen LogP contribution in [0.4, 0.5) is 8.78 Å². The maximum Gasteiger partial charge on any atom is 0.126 e. The number of halogens is 3. The number of rotatable bonds is 2. The zero-order valence-corrected chi connectivity index (χ0v) is 14.0. The second-order valence-electron chi connectivity index (χ2n) is 7.09. The van der Waals surface area contributed by atoms with E-state index in [9.17, 15) is 8.78 Å². The summed E-state index contributed by atoms with van der Waals surface area (Å²) >= 11 is 3.73. The van der Waals surface area contributed by atoms with Gasteiger partial charge in [-0.15, -0.1) is 0 Å². The molecule has 0 aliphatic heterocycles. The second-order valence-corrected chi connectivity index (χ2v) is 8.27. The predicted molar refractivity (Wildman–Crippen MR) is 83.1 cm³/mol. The maximum absolute atomic E-state index is 13.8. The van der Waals surface area contributed by atoms with Crippen LogP contribution in [0.5, 0.6) is 0 Å². The third-order valence-corrected chi connectivity index (χ3v) is 5.81. The number of hydrogen-bond acceptors (Lipinski definition) is 0. The lowest BCUT2D eigenvalue weighted by atomic mass is 9.68. The molecule has 3 unspecified atom stereocenters. The minimum Gasteiger partial charge on any atom is -0.207 e. The quantitative estimate of drug-likeness (QED) is 0.600. The van der Waals surface area contributed by atoms with Crippen LogP contribution in [0.25, 0.3) is 0 Å². The molecule has 0 spiro atoms. The topological polar surface area (TPSA) is 0 Å². The molecule has 0 radical (unpaired) electrons. The molecule has 1 fully saturated rings. The number of hydrogen-bond donors (Lipinski definition) is 0. The lowest BCUT2D eigenvalue weighted by Gasteiger charge is -2.40. The normalized spacial score (nSPS) is 27.6. The minimum absolute atomic E-state index is 0.284. The fourth-order valence-corrected chi connectivity index (χ4v) is 3.87. The van der Waals surface area contributed by atoms with Crippen LogP contribution in [0, 0.1) is 28.9 Å². The van der Waals surface area contributed by atoms with Crippen LogP contribution in [0.2, 0.25) is 0 Å². The van der Waals surface area contributed by atoms with Crippen molar-refractivity contribution >= 4 is 15.9 Å². The van der Waals surface area contributed by atoms with E-state index in [0.717, 1.165) is 12.8 Å². The second kappa shape index (κ2) is 6.13. The first-order valence-electron chi connectivity index (χ1n) is 7.35. The van der Waals surface area contributed by atoms with Crippen LogP contribution in [0.15, 0.2) is 18.2 Å². The Morgan fingerprint density at radius 3 is 2.55 bits per heavy atom. The van der Waals surface area contributed by atoms with Crippen LogP contribution < -0.4 is 0 Å². The third-order valence-electron chi connectivity index (χ3n) is 4.60. The Morgan fingerprint density at radius 2 is 1.90 bits per heavy atom. The molecule has 0 saturated heterocycles. The van der Waals surface area contributed by atoms with E-state index in [1.54, 1.807) is 0 Å². The molecule has 1 aromatic rings. The molecule has 1 aliphatic carbocycles. The van der Waals surface area contributed by atoms with Gasteiger partial charge in [0.1, 0.15) is 11.6 Å². The van der Waals surface area contributed by atoms with Crippen molar-refractivity contribution in [3.63, 3.8) is 0 Å². The molecule has 0 amide bonds. The average Bonchev–Trinajstić information content (AvgIpc) is 2.35. The largest absolute Gasteiger partial charge is 0.207 e. The molecular formula is C17H23BrF2.